The molecule has 0 bridgehead atoms. The van der Waals surface area contributed by atoms with Crippen LogP contribution < -0.4 is 10.2 Å². The Labute approximate surface area is 248 Å². The molecule has 38 heavy (non-hydrogen) atoms. The number of aliphatic carboxylic acids is 2. The number of amides is 1. The summed E-state index contributed by atoms with van der Waals surface area (Å²) in [6.45, 7) is 4.11. The molecule has 4 N–H and O–H groups in total. The molecule has 12 nitrogen and oxygen atoms in total. The Hall–Kier alpha value is -2.58. The van der Waals surface area contributed by atoms with Crippen LogP contribution in [0.5, 0.6) is 0 Å². The smallest absolute Gasteiger partial charge is 0.547 e. The number of hydrogen-bond acceptors (Lipinski definition) is 10. The van der Waals surface area contributed by atoms with E-state index >= 15 is 0 Å². The molecule has 1 aromatic carbocycles. The van der Waals surface area contributed by atoms with Crippen LogP contribution in [0.1, 0.15) is 16.8 Å². The SMILES string of the molecule is Cc1ccc(-c2nc3ccc(C)cn3c2CC(=O)N(C)C)cc1.O=C([O-])[C@@H](O)[C@@H](O)[C@H](O)[C@@H](O)C(=O)[O-].[Ca+2]. The summed E-state index contributed by atoms with van der Waals surface area (Å²) in [6, 6.07) is 12.3. The molecule has 0 aliphatic heterocycles. The van der Waals surface area contributed by atoms with E-state index in [1.54, 1.807) is 19.0 Å². The van der Waals surface area contributed by atoms with Crippen LogP contribution in [0.4, 0.5) is 0 Å². The normalized spacial score (nSPS) is 13.8. The van der Waals surface area contributed by atoms with Gasteiger partial charge in [0.25, 0.3) is 0 Å². The third kappa shape index (κ3) is 8.46. The Morgan fingerprint density at radius 1 is 0.868 bits per heavy atom. The number of rotatable bonds is 8. The zero-order valence-electron chi connectivity index (χ0n) is 21.4. The molecule has 0 spiro atoms. The molecule has 1 amide bonds. The minimum Gasteiger partial charge on any atom is -0.547 e. The maximum absolute atomic E-state index is 12.3. The third-order valence-corrected chi connectivity index (χ3v) is 5.49. The van der Waals surface area contributed by atoms with E-state index in [4.69, 9.17) is 25.4 Å². The first-order chi connectivity index (χ1) is 17.2. The first kappa shape index (κ1) is 33.4. The second kappa shape index (κ2) is 14.5. The summed E-state index contributed by atoms with van der Waals surface area (Å²) in [5, 5.41) is 54.7. The molecule has 0 radical (unpaired) electrons. The first-order valence-corrected chi connectivity index (χ1v) is 11.1. The Bertz CT molecular complexity index is 1240. The predicted molar refractivity (Wildman–Crippen MR) is 132 cm³/mol. The van der Waals surface area contributed by atoms with Crippen LogP contribution in [-0.4, -0.2) is 129 Å². The van der Waals surface area contributed by atoms with Crippen LogP contribution in [-0.2, 0) is 20.8 Å². The topological polar surface area (TPSA) is 199 Å². The number of carboxylic acid groups (broad SMARTS) is 2. The second-order valence-corrected chi connectivity index (χ2v) is 8.68. The summed E-state index contributed by atoms with van der Waals surface area (Å²) in [7, 11) is 3.56. The van der Waals surface area contributed by atoms with Crippen molar-refractivity contribution in [2.24, 2.45) is 0 Å². The molecule has 2 heterocycles. The molecule has 0 aliphatic rings. The van der Waals surface area contributed by atoms with Gasteiger partial charge in [0, 0.05) is 25.9 Å². The van der Waals surface area contributed by atoms with Crippen molar-refractivity contribution in [1.82, 2.24) is 14.3 Å². The van der Waals surface area contributed by atoms with E-state index in [0.717, 1.165) is 28.2 Å². The number of imidazole rings is 1. The van der Waals surface area contributed by atoms with Gasteiger partial charge in [-0.15, -0.1) is 0 Å². The number of hydrogen-bond donors (Lipinski definition) is 4. The Morgan fingerprint density at radius 2 is 1.34 bits per heavy atom. The van der Waals surface area contributed by atoms with E-state index < -0.39 is 36.4 Å². The monoisotopic (exact) mass is 555 g/mol. The van der Waals surface area contributed by atoms with Gasteiger partial charge in [-0.3, -0.25) is 4.79 Å². The van der Waals surface area contributed by atoms with Gasteiger partial charge in [0.05, 0.1) is 29.7 Å². The fraction of sp³-hybridized carbons (Fsp3) is 0.360. The summed E-state index contributed by atoms with van der Waals surface area (Å²) < 4.78 is 2.03. The number of pyridine rings is 1. The van der Waals surface area contributed by atoms with Crippen LogP contribution in [0, 0.1) is 13.8 Å². The van der Waals surface area contributed by atoms with Crippen molar-refractivity contribution < 1.29 is 45.0 Å². The van der Waals surface area contributed by atoms with Crippen molar-refractivity contribution in [3.05, 3.63) is 59.4 Å². The zero-order valence-corrected chi connectivity index (χ0v) is 23.6. The van der Waals surface area contributed by atoms with Gasteiger partial charge in [0.15, 0.2) is 0 Å². The molecule has 3 rings (SSSR count). The fourth-order valence-corrected chi connectivity index (χ4v) is 3.26. The van der Waals surface area contributed by atoms with E-state index in [-0.39, 0.29) is 43.6 Å². The standard InChI is InChI=1S/C19H21N3O.C6H10O8.Ca/c1-13-5-8-15(9-6-13)19-16(11-18(23)21(3)4)22-12-14(2)7-10-17(22)20-19;7-1(3(9)5(11)12)2(8)4(10)6(13)14;/h5-10,12H,11H2,1-4H3;1-4,7-10H,(H,11,12)(H,13,14);/q;;+2/p-2/t;1-,2-,3-,4+;/m.0./s1. The Balaban J connectivity index is 0.000000420. The van der Waals surface area contributed by atoms with E-state index in [0.29, 0.717) is 6.42 Å². The third-order valence-electron chi connectivity index (χ3n) is 5.49. The zero-order chi connectivity index (χ0) is 28.0. The summed E-state index contributed by atoms with van der Waals surface area (Å²) in [5.74, 6) is -4.15. The van der Waals surface area contributed by atoms with E-state index in [1.165, 1.54) is 5.56 Å². The maximum Gasteiger partial charge on any atom is 2.00 e. The predicted octanol–water partition coefficient (Wildman–Crippen LogP) is -3.20. The largest absolute Gasteiger partial charge is 2.00 e. The fourth-order valence-electron chi connectivity index (χ4n) is 3.26. The van der Waals surface area contributed by atoms with Crippen molar-refractivity contribution >= 4 is 61.2 Å². The minimum absolute atomic E-state index is 0. The molecule has 0 fully saturated rings. The Morgan fingerprint density at radius 3 is 1.79 bits per heavy atom. The van der Waals surface area contributed by atoms with Crippen molar-refractivity contribution in [3.63, 3.8) is 0 Å². The van der Waals surface area contributed by atoms with Gasteiger partial charge in [-0.25, -0.2) is 4.98 Å². The van der Waals surface area contributed by atoms with Crippen LogP contribution >= 0.6 is 0 Å². The molecule has 4 atom stereocenters. The maximum atomic E-state index is 12.3. The molecule has 0 unspecified atom stereocenters. The first-order valence-electron chi connectivity index (χ1n) is 11.1. The van der Waals surface area contributed by atoms with Gasteiger partial charge in [-0.2, -0.15) is 0 Å². The number of carboxylic acids is 2. The number of aliphatic hydroxyl groups excluding tert-OH is 4. The molecule has 3 aromatic rings. The molecule has 0 aliphatic carbocycles. The van der Waals surface area contributed by atoms with Crippen molar-refractivity contribution in [2.75, 3.05) is 14.1 Å². The van der Waals surface area contributed by atoms with Crippen molar-refractivity contribution in [3.8, 4) is 11.3 Å². The van der Waals surface area contributed by atoms with Gasteiger partial charge in [0.2, 0.25) is 5.91 Å². The van der Waals surface area contributed by atoms with Crippen LogP contribution in [0.3, 0.4) is 0 Å². The van der Waals surface area contributed by atoms with Gasteiger partial charge in [-0.05, 0) is 25.5 Å². The van der Waals surface area contributed by atoms with E-state index in [2.05, 4.69) is 31.2 Å². The van der Waals surface area contributed by atoms with Gasteiger partial charge in [-0.1, -0.05) is 35.9 Å². The summed E-state index contributed by atoms with van der Waals surface area (Å²) in [5.41, 5.74) is 6.08. The molecule has 2 aromatic heterocycles. The van der Waals surface area contributed by atoms with Crippen LogP contribution in [0.25, 0.3) is 16.9 Å². The van der Waals surface area contributed by atoms with E-state index in [1.807, 2.05) is 29.7 Å². The molecular formula is C25H29CaN3O9. The average Bonchev–Trinajstić information content (AvgIpc) is 3.19. The van der Waals surface area contributed by atoms with Gasteiger partial charge in [0.1, 0.15) is 30.1 Å². The summed E-state index contributed by atoms with van der Waals surface area (Å²) >= 11 is 0. The van der Waals surface area contributed by atoms with Gasteiger partial charge < -0.3 is 49.5 Å². The number of aliphatic hydroxyl groups is 4. The number of fused-ring (bicyclic) bond motifs is 1. The number of carbonyl (C=O) groups is 3. The molecule has 0 saturated heterocycles. The quantitative estimate of drug-likeness (QED) is 0.205. The molecule has 0 saturated carbocycles. The number of carbonyl (C=O) groups excluding carboxylic acids is 3. The van der Waals surface area contributed by atoms with E-state index in [9.17, 15) is 24.6 Å². The van der Waals surface area contributed by atoms with Crippen molar-refractivity contribution in [2.45, 2.75) is 44.7 Å². The van der Waals surface area contributed by atoms with Crippen LogP contribution in [0.2, 0.25) is 0 Å². The average molecular weight is 556 g/mol. The molecular weight excluding hydrogens is 526 g/mol. The molecule has 200 valence electrons. The summed E-state index contributed by atoms with van der Waals surface area (Å²) in [6.07, 6.45) is -7.39. The number of aryl methyl sites for hydroxylation is 2. The summed E-state index contributed by atoms with van der Waals surface area (Å²) in [4.78, 5) is 38.6. The number of nitrogens with zero attached hydrogens (tertiary/aromatic N) is 3. The molecule has 13 heteroatoms. The minimum atomic E-state index is -2.50. The van der Waals surface area contributed by atoms with Crippen molar-refractivity contribution in [1.29, 1.82) is 0 Å². The van der Waals surface area contributed by atoms with Gasteiger partial charge >= 0.3 is 37.7 Å². The number of benzene rings is 1. The number of aromatic nitrogens is 2. The second-order valence-electron chi connectivity index (χ2n) is 8.68. The number of likely N-dealkylation sites (N-methyl/N-ethyl adjacent to an activating group) is 1. The Kier molecular flexibility index (Phi) is 12.8. The van der Waals surface area contributed by atoms with Crippen LogP contribution in [0.15, 0.2) is 42.6 Å².